The van der Waals surface area contributed by atoms with E-state index in [4.69, 9.17) is 5.11 Å². The average molecular weight is 129 g/mol. The molecule has 0 saturated carbocycles. The van der Waals surface area contributed by atoms with E-state index in [0.717, 1.165) is 13.0 Å². The molecule has 1 aliphatic rings. The number of carbonyl (C=O) groups is 1. The van der Waals surface area contributed by atoms with Crippen molar-refractivity contribution in [3.63, 3.8) is 0 Å². The molecular weight excluding hydrogens is 118 g/mol. The minimum atomic E-state index is -0.803. The molecular formula is C6H11NO2. The Kier molecular flexibility index (Phi) is 1.83. The largest absolute Gasteiger partial charge is 0.386 e. The topological polar surface area (TPSA) is 49.3 Å². The van der Waals surface area contributed by atoms with E-state index in [1.807, 2.05) is 0 Å². The van der Waals surface area contributed by atoms with Crippen LogP contribution >= 0.6 is 0 Å². The summed E-state index contributed by atoms with van der Waals surface area (Å²) in [6.07, 6.45) is 0.0757. The van der Waals surface area contributed by atoms with Crippen LogP contribution in [0.1, 0.15) is 13.3 Å². The lowest BCUT2D eigenvalue weighted by Crippen LogP contribution is -2.51. The summed E-state index contributed by atoms with van der Waals surface area (Å²) in [5.41, 5.74) is 0. The molecule has 3 heteroatoms. The third kappa shape index (κ3) is 1.28. The van der Waals surface area contributed by atoms with E-state index < -0.39 is 6.10 Å². The Balaban J connectivity index is 2.32. The highest BCUT2D eigenvalue weighted by Gasteiger charge is 2.26. The van der Waals surface area contributed by atoms with Crippen molar-refractivity contribution in [2.24, 2.45) is 0 Å². The second-order valence-electron chi connectivity index (χ2n) is 2.37. The van der Waals surface area contributed by atoms with Crippen molar-refractivity contribution in [1.29, 1.82) is 0 Å². The minimum absolute atomic E-state index is 0.0648. The summed E-state index contributed by atoms with van der Waals surface area (Å²) in [6.45, 7) is 2.41. The van der Waals surface area contributed by atoms with Crippen molar-refractivity contribution in [2.75, 3.05) is 6.54 Å². The highest BCUT2D eigenvalue weighted by molar-refractivity contribution is 5.88. The first-order valence-electron chi connectivity index (χ1n) is 3.17. The van der Waals surface area contributed by atoms with E-state index in [1.54, 1.807) is 0 Å². The van der Waals surface area contributed by atoms with Gasteiger partial charge in [0.25, 0.3) is 0 Å². The van der Waals surface area contributed by atoms with E-state index in [-0.39, 0.29) is 11.8 Å². The lowest BCUT2D eigenvalue weighted by Gasteiger charge is -2.26. The smallest absolute Gasteiger partial charge is 0.177 e. The molecule has 1 saturated heterocycles. The molecule has 2 N–H and O–H groups in total. The number of ketones is 1. The van der Waals surface area contributed by atoms with Crippen molar-refractivity contribution in [2.45, 2.75) is 25.5 Å². The summed E-state index contributed by atoms with van der Waals surface area (Å²) in [7, 11) is 0. The second kappa shape index (κ2) is 2.45. The standard InChI is InChI=1S/C6H11NO2/c1-4(8)6(9)5-2-3-7-5/h4-5,7-8H,2-3H2,1H3. The van der Waals surface area contributed by atoms with Gasteiger partial charge in [-0.05, 0) is 19.9 Å². The predicted octanol–water partition coefficient (Wildman–Crippen LogP) is -0.702. The van der Waals surface area contributed by atoms with Gasteiger partial charge < -0.3 is 10.4 Å². The van der Waals surface area contributed by atoms with Crippen LogP contribution in [0.3, 0.4) is 0 Å². The molecule has 1 rings (SSSR count). The zero-order chi connectivity index (χ0) is 6.85. The van der Waals surface area contributed by atoms with Crippen LogP contribution in [0.2, 0.25) is 0 Å². The monoisotopic (exact) mass is 129 g/mol. The van der Waals surface area contributed by atoms with Crippen LogP contribution in [0, 0.1) is 0 Å². The van der Waals surface area contributed by atoms with E-state index in [1.165, 1.54) is 6.92 Å². The summed E-state index contributed by atoms with van der Waals surface area (Å²) in [5.74, 6) is -0.0822. The van der Waals surface area contributed by atoms with Crippen LogP contribution in [0.25, 0.3) is 0 Å². The van der Waals surface area contributed by atoms with Crippen LogP contribution < -0.4 is 5.32 Å². The molecule has 0 amide bonds. The molecule has 0 aromatic heterocycles. The van der Waals surface area contributed by atoms with Gasteiger partial charge in [0.05, 0.1) is 6.04 Å². The first-order chi connectivity index (χ1) is 4.22. The molecule has 0 bridgehead atoms. The fourth-order valence-corrected chi connectivity index (χ4v) is 0.823. The van der Waals surface area contributed by atoms with Crippen LogP contribution in [-0.4, -0.2) is 29.6 Å². The van der Waals surface area contributed by atoms with Gasteiger partial charge in [-0.2, -0.15) is 0 Å². The molecule has 2 atom stereocenters. The number of nitrogens with one attached hydrogen (secondary N) is 1. The molecule has 0 aliphatic carbocycles. The molecule has 0 aromatic carbocycles. The van der Waals surface area contributed by atoms with Gasteiger partial charge >= 0.3 is 0 Å². The maximum Gasteiger partial charge on any atom is 0.177 e. The zero-order valence-corrected chi connectivity index (χ0v) is 5.42. The first-order valence-corrected chi connectivity index (χ1v) is 3.17. The Labute approximate surface area is 54.1 Å². The van der Waals surface area contributed by atoms with Crippen molar-refractivity contribution < 1.29 is 9.90 Å². The van der Waals surface area contributed by atoms with Gasteiger partial charge in [-0.1, -0.05) is 0 Å². The molecule has 0 spiro atoms. The molecule has 1 fully saturated rings. The Morgan fingerprint density at radius 1 is 1.89 bits per heavy atom. The number of aliphatic hydroxyl groups is 1. The number of Topliss-reactive ketones (excluding diaryl/α,β-unsaturated/α-hetero) is 1. The van der Waals surface area contributed by atoms with Gasteiger partial charge in [0.15, 0.2) is 5.78 Å². The van der Waals surface area contributed by atoms with Crippen LogP contribution in [-0.2, 0) is 4.79 Å². The molecule has 0 radical (unpaired) electrons. The van der Waals surface area contributed by atoms with E-state index in [0.29, 0.717) is 0 Å². The fourth-order valence-electron chi connectivity index (χ4n) is 0.823. The number of hydrogen-bond donors (Lipinski definition) is 2. The lowest BCUT2D eigenvalue weighted by molar-refractivity contribution is -0.130. The number of aliphatic hydroxyl groups excluding tert-OH is 1. The maximum absolute atomic E-state index is 10.8. The molecule has 2 unspecified atom stereocenters. The average Bonchev–Trinajstić information content (AvgIpc) is 1.60. The molecule has 9 heavy (non-hydrogen) atoms. The van der Waals surface area contributed by atoms with Gasteiger partial charge in [-0.15, -0.1) is 0 Å². The number of hydrogen-bond acceptors (Lipinski definition) is 3. The van der Waals surface area contributed by atoms with E-state index in [2.05, 4.69) is 5.32 Å². The molecule has 1 aliphatic heterocycles. The summed E-state index contributed by atoms with van der Waals surface area (Å²) >= 11 is 0. The molecule has 52 valence electrons. The van der Waals surface area contributed by atoms with Crippen molar-refractivity contribution >= 4 is 5.78 Å². The molecule has 0 aromatic rings. The minimum Gasteiger partial charge on any atom is -0.386 e. The predicted molar refractivity (Wildman–Crippen MR) is 33.1 cm³/mol. The highest BCUT2D eigenvalue weighted by Crippen LogP contribution is 2.04. The molecule has 1 heterocycles. The van der Waals surface area contributed by atoms with Gasteiger partial charge in [0.1, 0.15) is 6.10 Å². The van der Waals surface area contributed by atoms with Gasteiger partial charge in [0, 0.05) is 0 Å². The summed E-state index contributed by atoms with van der Waals surface area (Å²) in [4.78, 5) is 10.8. The quantitative estimate of drug-likeness (QED) is 0.518. The van der Waals surface area contributed by atoms with Gasteiger partial charge in [-0.25, -0.2) is 0 Å². The Bertz CT molecular complexity index is 118. The number of rotatable bonds is 2. The highest BCUT2D eigenvalue weighted by atomic mass is 16.3. The van der Waals surface area contributed by atoms with Crippen molar-refractivity contribution in [3.8, 4) is 0 Å². The van der Waals surface area contributed by atoms with Gasteiger partial charge in [-0.3, -0.25) is 4.79 Å². The normalized spacial score (nSPS) is 28.9. The third-order valence-electron chi connectivity index (χ3n) is 1.58. The van der Waals surface area contributed by atoms with Crippen molar-refractivity contribution in [1.82, 2.24) is 5.32 Å². The van der Waals surface area contributed by atoms with E-state index in [9.17, 15) is 4.79 Å². The summed E-state index contributed by atoms with van der Waals surface area (Å²) < 4.78 is 0. The van der Waals surface area contributed by atoms with Crippen molar-refractivity contribution in [3.05, 3.63) is 0 Å². The first kappa shape index (κ1) is 6.71. The van der Waals surface area contributed by atoms with Gasteiger partial charge in [0.2, 0.25) is 0 Å². The third-order valence-corrected chi connectivity index (χ3v) is 1.58. The number of carbonyl (C=O) groups excluding carboxylic acids is 1. The SMILES string of the molecule is CC(O)C(=O)C1CCN1. The Hall–Kier alpha value is -0.410. The molecule has 3 nitrogen and oxygen atoms in total. The van der Waals surface area contributed by atoms with Crippen LogP contribution in [0.4, 0.5) is 0 Å². The maximum atomic E-state index is 10.8. The summed E-state index contributed by atoms with van der Waals surface area (Å²) in [6, 6.07) is -0.0648. The van der Waals surface area contributed by atoms with E-state index >= 15 is 0 Å². The van der Waals surface area contributed by atoms with Crippen LogP contribution in [0.15, 0.2) is 0 Å². The Morgan fingerprint density at radius 2 is 2.44 bits per heavy atom. The fraction of sp³-hybridized carbons (Fsp3) is 0.833. The second-order valence-corrected chi connectivity index (χ2v) is 2.37. The zero-order valence-electron chi connectivity index (χ0n) is 5.42. The van der Waals surface area contributed by atoms with Crippen LogP contribution in [0.5, 0.6) is 0 Å². The lowest BCUT2D eigenvalue weighted by atomic mass is 9.99. The summed E-state index contributed by atoms with van der Waals surface area (Å²) in [5, 5.41) is 11.7. The Morgan fingerprint density at radius 3 is 2.56 bits per heavy atom.